The largest absolute Gasteiger partial charge is 0.396 e. The highest BCUT2D eigenvalue weighted by molar-refractivity contribution is 5.21. The maximum atomic E-state index is 9.42. The van der Waals surface area contributed by atoms with Gasteiger partial charge in [-0.05, 0) is 25.0 Å². The van der Waals surface area contributed by atoms with Crippen LogP contribution < -0.4 is 0 Å². The molecule has 1 unspecified atom stereocenters. The van der Waals surface area contributed by atoms with Crippen molar-refractivity contribution in [2.24, 2.45) is 0 Å². The molecule has 1 aromatic carbocycles. The number of aromatic amines is 1. The van der Waals surface area contributed by atoms with E-state index in [1.54, 1.807) is 6.20 Å². The number of aromatic nitrogens is 2. The first kappa shape index (κ1) is 16.2. The molecule has 1 saturated heterocycles. The van der Waals surface area contributed by atoms with E-state index in [2.05, 4.69) is 51.2 Å². The van der Waals surface area contributed by atoms with E-state index in [9.17, 15) is 5.11 Å². The van der Waals surface area contributed by atoms with Gasteiger partial charge in [0.1, 0.15) is 0 Å². The minimum atomic E-state index is 0.243. The van der Waals surface area contributed by atoms with Gasteiger partial charge in [0.05, 0.1) is 0 Å². The highest BCUT2D eigenvalue weighted by atomic mass is 16.3. The molecule has 2 aromatic rings. The van der Waals surface area contributed by atoms with E-state index in [4.69, 9.17) is 0 Å². The van der Waals surface area contributed by atoms with Crippen LogP contribution in [-0.2, 0) is 13.1 Å². The van der Waals surface area contributed by atoms with Crippen LogP contribution in [0.5, 0.6) is 0 Å². The van der Waals surface area contributed by atoms with Gasteiger partial charge in [-0.2, -0.15) is 5.10 Å². The summed E-state index contributed by atoms with van der Waals surface area (Å²) in [5.74, 6) is 0. The van der Waals surface area contributed by atoms with Gasteiger partial charge in [-0.25, -0.2) is 0 Å². The number of aryl methyl sites for hydroxylation is 1. The standard InChI is InChI=1S/C18H26N4O/c1-15-2-4-16(5-3-15)12-22-10-9-21(14-18(22)7-11-23)13-17-6-8-19-20-17/h2-6,8,18,23H,7,9-14H2,1H3,(H,19,20). The molecule has 0 saturated carbocycles. The molecule has 0 aliphatic carbocycles. The minimum Gasteiger partial charge on any atom is -0.396 e. The highest BCUT2D eigenvalue weighted by Gasteiger charge is 2.26. The third kappa shape index (κ3) is 4.41. The summed E-state index contributed by atoms with van der Waals surface area (Å²) in [6.45, 7) is 7.30. The Hall–Kier alpha value is -1.69. The van der Waals surface area contributed by atoms with Crippen LogP contribution in [0.4, 0.5) is 0 Å². The number of aliphatic hydroxyl groups is 1. The Balaban J connectivity index is 1.61. The number of nitrogens with one attached hydrogen (secondary N) is 1. The second-order valence-corrected chi connectivity index (χ2v) is 6.44. The lowest BCUT2D eigenvalue weighted by Gasteiger charge is -2.41. The van der Waals surface area contributed by atoms with Crippen molar-refractivity contribution in [1.29, 1.82) is 0 Å². The minimum absolute atomic E-state index is 0.243. The van der Waals surface area contributed by atoms with Crippen LogP contribution >= 0.6 is 0 Å². The molecule has 1 atom stereocenters. The second-order valence-electron chi connectivity index (χ2n) is 6.44. The maximum Gasteiger partial charge on any atom is 0.0492 e. The first-order valence-corrected chi connectivity index (χ1v) is 8.35. The summed E-state index contributed by atoms with van der Waals surface area (Å²) < 4.78 is 0. The van der Waals surface area contributed by atoms with Gasteiger partial charge in [-0.15, -0.1) is 0 Å². The van der Waals surface area contributed by atoms with Gasteiger partial charge in [0.25, 0.3) is 0 Å². The lowest BCUT2D eigenvalue weighted by atomic mass is 10.1. The molecule has 1 aliphatic heterocycles. The molecule has 0 spiro atoms. The SMILES string of the molecule is Cc1ccc(CN2CCN(Cc3ccn[nH]3)CC2CCO)cc1. The summed E-state index contributed by atoms with van der Waals surface area (Å²) in [6.07, 6.45) is 2.62. The van der Waals surface area contributed by atoms with Crippen molar-refractivity contribution in [3.63, 3.8) is 0 Å². The first-order valence-electron chi connectivity index (χ1n) is 8.35. The molecule has 1 aliphatic rings. The van der Waals surface area contributed by atoms with Gasteiger partial charge >= 0.3 is 0 Å². The third-order valence-electron chi connectivity index (χ3n) is 4.61. The number of rotatable bonds is 6. The summed E-state index contributed by atoms with van der Waals surface area (Å²) in [7, 11) is 0. The fourth-order valence-corrected chi connectivity index (χ4v) is 3.27. The highest BCUT2D eigenvalue weighted by Crippen LogP contribution is 2.18. The first-order chi connectivity index (χ1) is 11.2. The van der Waals surface area contributed by atoms with Crippen LogP contribution in [0.2, 0.25) is 0 Å². The van der Waals surface area contributed by atoms with Gasteiger partial charge in [-0.1, -0.05) is 29.8 Å². The van der Waals surface area contributed by atoms with Crippen molar-refractivity contribution >= 4 is 0 Å². The number of aliphatic hydroxyl groups excluding tert-OH is 1. The van der Waals surface area contributed by atoms with Crippen LogP contribution in [0, 0.1) is 6.92 Å². The summed E-state index contributed by atoms with van der Waals surface area (Å²) in [6, 6.07) is 11.2. The summed E-state index contributed by atoms with van der Waals surface area (Å²) in [5, 5.41) is 16.5. The quantitative estimate of drug-likeness (QED) is 0.853. The Morgan fingerprint density at radius 3 is 2.70 bits per heavy atom. The molecular formula is C18H26N4O. The van der Waals surface area contributed by atoms with E-state index in [0.717, 1.165) is 44.8 Å². The lowest BCUT2D eigenvalue weighted by Crippen LogP contribution is -2.52. The average molecular weight is 314 g/mol. The molecule has 1 aromatic heterocycles. The molecule has 0 bridgehead atoms. The zero-order valence-corrected chi connectivity index (χ0v) is 13.8. The summed E-state index contributed by atoms with van der Waals surface area (Å²) in [5.41, 5.74) is 3.80. The van der Waals surface area contributed by atoms with Crippen LogP contribution in [-0.4, -0.2) is 57.4 Å². The van der Waals surface area contributed by atoms with Crippen LogP contribution in [0.3, 0.4) is 0 Å². The van der Waals surface area contributed by atoms with Gasteiger partial charge in [0.2, 0.25) is 0 Å². The molecule has 5 heteroatoms. The van der Waals surface area contributed by atoms with Crippen molar-refractivity contribution in [2.45, 2.75) is 32.5 Å². The Morgan fingerprint density at radius 2 is 2.00 bits per heavy atom. The van der Waals surface area contributed by atoms with Gasteiger partial charge in [-0.3, -0.25) is 14.9 Å². The van der Waals surface area contributed by atoms with E-state index in [1.807, 2.05) is 6.07 Å². The number of nitrogens with zero attached hydrogens (tertiary/aromatic N) is 3. The monoisotopic (exact) mass is 314 g/mol. The Labute approximate surface area is 137 Å². The molecule has 2 heterocycles. The van der Waals surface area contributed by atoms with E-state index in [0.29, 0.717) is 6.04 Å². The number of piperazine rings is 1. The van der Waals surface area contributed by atoms with Crippen molar-refractivity contribution in [1.82, 2.24) is 20.0 Å². The molecule has 1 fully saturated rings. The predicted octanol–water partition coefficient (Wildman–Crippen LogP) is 1.79. The van der Waals surface area contributed by atoms with Gasteiger partial charge < -0.3 is 5.11 Å². The van der Waals surface area contributed by atoms with Crippen LogP contribution in [0.25, 0.3) is 0 Å². The second kappa shape index (κ2) is 7.73. The Bertz CT molecular complexity index is 582. The normalized spacial score (nSPS) is 20.0. The topological polar surface area (TPSA) is 55.4 Å². The Morgan fingerprint density at radius 1 is 1.17 bits per heavy atom. The molecular weight excluding hydrogens is 288 g/mol. The molecule has 5 nitrogen and oxygen atoms in total. The predicted molar refractivity (Wildman–Crippen MR) is 90.9 cm³/mol. The number of benzene rings is 1. The van der Waals surface area contributed by atoms with E-state index < -0.39 is 0 Å². The summed E-state index contributed by atoms with van der Waals surface area (Å²) >= 11 is 0. The maximum absolute atomic E-state index is 9.42. The zero-order valence-electron chi connectivity index (χ0n) is 13.8. The fraction of sp³-hybridized carbons (Fsp3) is 0.500. The van der Waals surface area contributed by atoms with Crippen LogP contribution in [0.1, 0.15) is 23.2 Å². The van der Waals surface area contributed by atoms with Crippen molar-refractivity contribution in [2.75, 3.05) is 26.2 Å². The molecule has 2 N–H and O–H groups in total. The summed E-state index contributed by atoms with van der Waals surface area (Å²) in [4.78, 5) is 4.95. The zero-order chi connectivity index (χ0) is 16.1. The van der Waals surface area contributed by atoms with Crippen molar-refractivity contribution in [3.8, 4) is 0 Å². The molecule has 3 rings (SSSR count). The van der Waals surface area contributed by atoms with Gasteiger partial charge in [0, 0.05) is 57.3 Å². The average Bonchev–Trinajstić information content (AvgIpc) is 3.05. The van der Waals surface area contributed by atoms with E-state index in [1.165, 1.54) is 11.1 Å². The molecule has 0 amide bonds. The molecule has 124 valence electrons. The van der Waals surface area contributed by atoms with Crippen molar-refractivity contribution in [3.05, 3.63) is 53.3 Å². The molecule has 0 radical (unpaired) electrons. The van der Waals surface area contributed by atoms with E-state index >= 15 is 0 Å². The van der Waals surface area contributed by atoms with E-state index in [-0.39, 0.29) is 6.61 Å². The number of hydrogen-bond donors (Lipinski definition) is 2. The smallest absolute Gasteiger partial charge is 0.0492 e. The third-order valence-corrected chi connectivity index (χ3v) is 4.61. The number of hydrogen-bond acceptors (Lipinski definition) is 4. The van der Waals surface area contributed by atoms with Gasteiger partial charge in [0.15, 0.2) is 0 Å². The molecule has 23 heavy (non-hydrogen) atoms. The van der Waals surface area contributed by atoms with Crippen LogP contribution in [0.15, 0.2) is 36.5 Å². The lowest BCUT2D eigenvalue weighted by molar-refractivity contribution is 0.0494. The van der Waals surface area contributed by atoms with Crippen molar-refractivity contribution < 1.29 is 5.11 Å². The Kier molecular flexibility index (Phi) is 5.43. The fourth-order valence-electron chi connectivity index (χ4n) is 3.27. The number of H-pyrrole nitrogens is 1.